The van der Waals surface area contributed by atoms with Crippen molar-refractivity contribution in [3.8, 4) is 0 Å². The molecule has 0 radical (unpaired) electrons. The molecule has 1 heterocycles. The van der Waals surface area contributed by atoms with Gasteiger partial charge in [0.2, 0.25) is 5.95 Å². The number of nitrogens with zero attached hydrogens (tertiary/aromatic N) is 2. The molecule has 0 unspecified atom stereocenters. The van der Waals surface area contributed by atoms with E-state index in [1.165, 1.54) is 0 Å². The summed E-state index contributed by atoms with van der Waals surface area (Å²) in [6.07, 6.45) is 3.73. The van der Waals surface area contributed by atoms with Crippen molar-refractivity contribution in [3.63, 3.8) is 0 Å². The molecule has 1 aromatic heterocycles. The number of aromatic nitrogens is 2. The predicted molar refractivity (Wildman–Crippen MR) is 75.0 cm³/mol. The first-order valence-electron chi connectivity index (χ1n) is 5.33. The Kier molecular flexibility index (Phi) is 3.74. The molecule has 0 saturated heterocycles. The summed E-state index contributed by atoms with van der Waals surface area (Å²) in [5.41, 5.74) is 0.923. The van der Waals surface area contributed by atoms with E-state index in [1.54, 1.807) is 6.20 Å². The van der Waals surface area contributed by atoms with E-state index in [2.05, 4.69) is 44.6 Å². The molecular formula is C12H13BrClN3. The van der Waals surface area contributed by atoms with Crippen molar-refractivity contribution >= 4 is 39.2 Å². The van der Waals surface area contributed by atoms with Gasteiger partial charge >= 0.3 is 0 Å². The molecule has 5 heteroatoms. The Morgan fingerprint density at radius 2 is 2.18 bits per heavy atom. The summed E-state index contributed by atoms with van der Waals surface area (Å²) in [6, 6.07) is 6.10. The van der Waals surface area contributed by atoms with Gasteiger partial charge < -0.3 is 9.88 Å². The summed E-state index contributed by atoms with van der Waals surface area (Å²) in [5, 5.41) is 3.93. The van der Waals surface area contributed by atoms with Crippen molar-refractivity contribution in [1.82, 2.24) is 9.55 Å². The van der Waals surface area contributed by atoms with Crippen LogP contribution in [0.15, 0.2) is 35.1 Å². The maximum atomic E-state index is 6.04. The number of rotatable bonds is 3. The highest BCUT2D eigenvalue weighted by atomic mass is 79.9. The van der Waals surface area contributed by atoms with Gasteiger partial charge in [0.1, 0.15) is 0 Å². The van der Waals surface area contributed by atoms with Crippen molar-refractivity contribution in [1.29, 1.82) is 0 Å². The Morgan fingerprint density at radius 3 is 2.82 bits per heavy atom. The standard InChI is InChI=1S/C12H13BrClN3/c1-8(2)17-6-5-15-12(17)16-9-3-4-10(13)11(14)7-9/h3-8H,1-2H3,(H,15,16). The molecule has 0 bridgehead atoms. The third-order valence-corrected chi connectivity index (χ3v) is 3.63. The van der Waals surface area contributed by atoms with Crippen molar-refractivity contribution in [2.45, 2.75) is 19.9 Å². The topological polar surface area (TPSA) is 29.9 Å². The Bertz CT molecular complexity index is 522. The monoisotopic (exact) mass is 313 g/mol. The summed E-state index contributed by atoms with van der Waals surface area (Å²) >= 11 is 9.41. The third-order valence-electron chi connectivity index (χ3n) is 2.40. The number of halogens is 2. The zero-order valence-corrected chi connectivity index (χ0v) is 12.0. The van der Waals surface area contributed by atoms with Gasteiger partial charge in [0.05, 0.1) is 5.02 Å². The molecule has 0 spiro atoms. The molecule has 90 valence electrons. The Hall–Kier alpha value is -1.000. The minimum Gasteiger partial charge on any atom is -0.326 e. The van der Waals surface area contributed by atoms with Gasteiger partial charge in [0.25, 0.3) is 0 Å². The van der Waals surface area contributed by atoms with Crippen molar-refractivity contribution < 1.29 is 0 Å². The van der Waals surface area contributed by atoms with Crippen LogP contribution >= 0.6 is 27.5 Å². The normalized spacial score (nSPS) is 10.9. The van der Waals surface area contributed by atoms with E-state index in [1.807, 2.05) is 24.4 Å². The maximum absolute atomic E-state index is 6.04. The maximum Gasteiger partial charge on any atom is 0.207 e. The molecule has 0 amide bonds. The largest absolute Gasteiger partial charge is 0.326 e. The van der Waals surface area contributed by atoms with E-state index in [-0.39, 0.29) is 0 Å². The van der Waals surface area contributed by atoms with E-state index in [0.29, 0.717) is 11.1 Å². The molecule has 0 aliphatic heterocycles. The lowest BCUT2D eigenvalue weighted by atomic mass is 10.3. The molecule has 0 aliphatic rings. The van der Waals surface area contributed by atoms with E-state index in [0.717, 1.165) is 16.1 Å². The second-order valence-electron chi connectivity index (χ2n) is 4.01. The van der Waals surface area contributed by atoms with Crippen molar-refractivity contribution in [2.24, 2.45) is 0 Å². The molecule has 0 aliphatic carbocycles. The van der Waals surface area contributed by atoms with Gasteiger partial charge in [-0.2, -0.15) is 0 Å². The van der Waals surface area contributed by atoms with Crippen LogP contribution in [0.2, 0.25) is 5.02 Å². The zero-order chi connectivity index (χ0) is 12.4. The summed E-state index contributed by atoms with van der Waals surface area (Å²) in [4.78, 5) is 4.28. The average molecular weight is 315 g/mol. The van der Waals surface area contributed by atoms with Crippen molar-refractivity contribution in [2.75, 3.05) is 5.32 Å². The van der Waals surface area contributed by atoms with Crippen molar-refractivity contribution in [3.05, 3.63) is 40.1 Å². The van der Waals surface area contributed by atoms with Crippen LogP contribution in [0.1, 0.15) is 19.9 Å². The molecule has 17 heavy (non-hydrogen) atoms. The number of imidazole rings is 1. The van der Waals surface area contributed by atoms with Gasteiger partial charge in [-0.1, -0.05) is 11.6 Å². The van der Waals surface area contributed by atoms with Gasteiger partial charge in [-0.3, -0.25) is 0 Å². The first-order chi connectivity index (χ1) is 8.08. The Morgan fingerprint density at radius 1 is 1.41 bits per heavy atom. The molecule has 0 fully saturated rings. The van der Waals surface area contributed by atoms with Crippen LogP contribution in [-0.2, 0) is 0 Å². The highest BCUT2D eigenvalue weighted by Crippen LogP contribution is 2.27. The number of hydrogen-bond acceptors (Lipinski definition) is 2. The lowest BCUT2D eigenvalue weighted by Crippen LogP contribution is -2.05. The Balaban J connectivity index is 2.25. The SMILES string of the molecule is CC(C)n1ccnc1Nc1ccc(Br)c(Cl)c1. The molecule has 0 saturated carbocycles. The molecule has 3 nitrogen and oxygen atoms in total. The minimum atomic E-state index is 0.367. The van der Waals surface area contributed by atoms with Gasteiger partial charge in [0, 0.05) is 28.6 Å². The Labute approximate surface area is 114 Å². The molecule has 2 rings (SSSR count). The second-order valence-corrected chi connectivity index (χ2v) is 5.27. The van der Waals surface area contributed by atoms with E-state index < -0.39 is 0 Å². The first-order valence-corrected chi connectivity index (χ1v) is 6.50. The fourth-order valence-corrected chi connectivity index (χ4v) is 1.96. The summed E-state index contributed by atoms with van der Waals surface area (Å²) in [7, 11) is 0. The van der Waals surface area contributed by atoms with Gasteiger partial charge in [-0.25, -0.2) is 4.98 Å². The number of anilines is 2. The highest BCUT2D eigenvalue weighted by Gasteiger charge is 2.06. The fourth-order valence-electron chi connectivity index (χ4n) is 1.53. The van der Waals surface area contributed by atoms with Crippen LogP contribution < -0.4 is 5.32 Å². The van der Waals surface area contributed by atoms with Gasteiger partial charge in [-0.15, -0.1) is 0 Å². The molecule has 2 aromatic rings. The van der Waals surface area contributed by atoms with E-state index >= 15 is 0 Å². The molecular weight excluding hydrogens is 302 g/mol. The lowest BCUT2D eigenvalue weighted by Gasteiger charge is -2.13. The second kappa shape index (κ2) is 5.10. The van der Waals surface area contributed by atoms with E-state index in [9.17, 15) is 0 Å². The average Bonchev–Trinajstić information content (AvgIpc) is 2.72. The van der Waals surface area contributed by atoms with Crippen LogP contribution in [0.3, 0.4) is 0 Å². The third kappa shape index (κ3) is 2.82. The van der Waals surface area contributed by atoms with Crippen LogP contribution in [0, 0.1) is 0 Å². The first kappa shape index (κ1) is 12.5. The van der Waals surface area contributed by atoms with Crippen LogP contribution in [0.4, 0.5) is 11.6 Å². The van der Waals surface area contributed by atoms with Crippen LogP contribution in [0.25, 0.3) is 0 Å². The summed E-state index contributed by atoms with van der Waals surface area (Å²) < 4.78 is 2.95. The van der Waals surface area contributed by atoms with Gasteiger partial charge in [-0.05, 0) is 48.0 Å². The fraction of sp³-hybridized carbons (Fsp3) is 0.250. The molecule has 1 aromatic carbocycles. The predicted octanol–water partition coefficient (Wildman–Crippen LogP) is 4.62. The number of nitrogens with one attached hydrogen (secondary N) is 1. The number of hydrogen-bond donors (Lipinski definition) is 1. The summed E-state index contributed by atoms with van der Waals surface area (Å²) in [6.45, 7) is 4.23. The number of benzene rings is 1. The molecule has 1 N–H and O–H groups in total. The van der Waals surface area contributed by atoms with Crippen LogP contribution in [0.5, 0.6) is 0 Å². The minimum absolute atomic E-state index is 0.367. The highest BCUT2D eigenvalue weighted by molar-refractivity contribution is 9.10. The van der Waals surface area contributed by atoms with Gasteiger partial charge in [0.15, 0.2) is 0 Å². The molecule has 0 atom stereocenters. The quantitative estimate of drug-likeness (QED) is 0.895. The smallest absolute Gasteiger partial charge is 0.207 e. The van der Waals surface area contributed by atoms with Crippen LogP contribution in [-0.4, -0.2) is 9.55 Å². The summed E-state index contributed by atoms with van der Waals surface area (Å²) in [5.74, 6) is 0.818. The zero-order valence-electron chi connectivity index (χ0n) is 9.61. The lowest BCUT2D eigenvalue weighted by molar-refractivity contribution is 0.608. The van der Waals surface area contributed by atoms with E-state index in [4.69, 9.17) is 11.6 Å².